The number of carbonyl (C=O) groups excluding carboxylic acids is 1. The Bertz CT molecular complexity index is 2750. The number of rotatable bonds is 16. The zero-order valence-corrected chi connectivity index (χ0v) is 41.7. The molecule has 0 aromatic heterocycles. The van der Waals surface area contributed by atoms with Crippen LogP contribution in [0.15, 0.2) is 84.9 Å². The largest absolute Gasteiger partial charge is 0.496 e. The van der Waals surface area contributed by atoms with Crippen molar-refractivity contribution in [3.05, 3.63) is 152 Å². The fourth-order valence-electron chi connectivity index (χ4n) is 9.29. The van der Waals surface area contributed by atoms with Crippen molar-refractivity contribution in [3.8, 4) is 51.7 Å². The fraction of sp³-hybridized carbons (Fsp3) is 0.351. The maximum Gasteiger partial charge on any atom is 0.319 e. The summed E-state index contributed by atoms with van der Waals surface area (Å²) in [6, 6.07) is 28.3. The molecular formula is C57H66N2O10. The molecule has 69 heavy (non-hydrogen) atoms. The van der Waals surface area contributed by atoms with Crippen LogP contribution in [0.3, 0.4) is 0 Å². The molecule has 12 heteroatoms. The smallest absolute Gasteiger partial charge is 0.319 e. The highest BCUT2D eigenvalue weighted by Crippen LogP contribution is 2.41. The first-order valence-corrected chi connectivity index (χ1v) is 23.4. The third-order valence-electron chi connectivity index (χ3n) is 13.0. The van der Waals surface area contributed by atoms with Crippen LogP contribution in [0.4, 0.5) is 10.5 Å². The Balaban J connectivity index is 1.35. The van der Waals surface area contributed by atoms with E-state index in [9.17, 15) is 4.79 Å². The third kappa shape index (κ3) is 11.6. The normalized spacial score (nSPS) is 12.0. The molecule has 2 N–H and O–H groups in total. The first-order chi connectivity index (χ1) is 33.6. The van der Waals surface area contributed by atoms with Crippen molar-refractivity contribution in [3.63, 3.8) is 0 Å². The summed E-state index contributed by atoms with van der Waals surface area (Å²) >= 11 is 0. The fourth-order valence-corrected chi connectivity index (χ4v) is 9.29. The van der Waals surface area contributed by atoms with Gasteiger partial charge in [0.25, 0.3) is 0 Å². The minimum atomic E-state index is -0.275. The van der Waals surface area contributed by atoms with Gasteiger partial charge in [-0.3, -0.25) is 0 Å². The molecule has 6 aromatic rings. The second-order valence-corrected chi connectivity index (χ2v) is 17.2. The van der Waals surface area contributed by atoms with Gasteiger partial charge in [0.1, 0.15) is 51.7 Å². The van der Waals surface area contributed by atoms with Gasteiger partial charge in [0.15, 0.2) is 0 Å². The monoisotopic (exact) mass is 938 g/mol. The van der Waals surface area contributed by atoms with Crippen molar-refractivity contribution >= 4 is 11.7 Å². The van der Waals surface area contributed by atoms with Gasteiger partial charge in [-0.2, -0.15) is 0 Å². The van der Waals surface area contributed by atoms with Crippen LogP contribution in [0, 0.1) is 0 Å². The van der Waals surface area contributed by atoms with Crippen LogP contribution < -0.4 is 53.3 Å². The Morgan fingerprint density at radius 1 is 0.406 bits per heavy atom. The van der Waals surface area contributed by atoms with Crippen molar-refractivity contribution < 1.29 is 47.4 Å². The van der Waals surface area contributed by atoms with Crippen LogP contribution in [0.1, 0.15) is 86.5 Å². The molecule has 0 fully saturated rings. The average molecular weight is 939 g/mol. The summed E-state index contributed by atoms with van der Waals surface area (Å²) in [7, 11) is 15.1. The highest BCUT2D eigenvalue weighted by atomic mass is 16.5. The number of hydrogen-bond acceptors (Lipinski definition) is 10. The number of unbranched alkanes of at least 4 members (excludes halogenated alkanes) is 1. The topological polar surface area (TPSA) is 124 Å². The molecule has 16 rings (SSSR count). The van der Waals surface area contributed by atoms with Gasteiger partial charge in [-0.25, -0.2) is 4.79 Å². The SMILES string of the molecule is CCCCc1ccc(NC(=O)NCCc2cc3c(OC)cc2Cc2cc(OC)c(cc2OC)Cc2cc(OC)c(cc2OC)Cc2cc(OC)c(cc2OC)Cc2cc(OC)c(cc2OC)C3)cc1. The van der Waals surface area contributed by atoms with E-state index < -0.39 is 0 Å². The lowest BCUT2D eigenvalue weighted by molar-refractivity contribution is 0.252. The van der Waals surface area contributed by atoms with Gasteiger partial charge in [0.2, 0.25) is 0 Å². The highest BCUT2D eigenvalue weighted by molar-refractivity contribution is 5.89. The number of anilines is 1. The van der Waals surface area contributed by atoms with Gasteiger partial charge in [0.05, 0.1) is 64.0 Å². The summed E-state index contributed by atoms with van der Waals surface area (Å²) in [5.41, 5.74) is 12.3. The van der Waals surface area contributed by atoms with Crippen LogP contribution in [-0.2, 0) is 44.9 Å². The lowest BCUT2D eigenvalue weighted by atomic mass is 9.91. The van der Waals surface area contributed by atoms with Gasteiger partial charge >= 0.3 is 6.03 Å². The number of aryl methyl sites for hydroxylation is 1. The summed E-state index contributed by atoms with van der Waals surface area (Å²) in [5, 5.41) is 6.09. The maximum absolute atomic E-state index is 13.3. The van der Waals surface area contributed by atoms with E-state index in [4.69, 9.17) is 42.6 Å². The number of amides is 2. The molecule has 364 valence electrons. The Morgan fingerprint density at radius 3 is 1.00 bits per heavy atom. The number of urea groups is 1. The number of ether oxygens (including phenoxy) is 9. The van der Waals surface area contributed by atoms with Gasteiger partial charge in [0, 0.05) is 88.8 Å². The summed E-state index contributed by atoms with van der Waals surface area (Å²) < 4.78 is 54.7. The van der Waals surface area contributed by atoms with E-state index in [1.807, 2.05) is 60.7 Å². The summed E-state index contributed by atoms with van der Waals surface area (Å²) in [5.74, 6) is 6.32. The standard InChI is InChI=1S/C57H66N2O10/c1-11-12-13-35-14-16-47(17-15-35)59-57(60)58-19-18-36-20-38-22-40-28-52(65-6)42(30-51(40)64-5)24-44-32-56(69-10)46(34-55(44)68-9)25-45-33-53(66-7)43(31-54(45)67-8)23-41-29-49(62-3)39(27-50(41)63-4)21-37(36)26-48(38)61-2/h14-17,20,26-34H,11-13,18-19,21-25H2,1-10H3,(H2,58,59,60). The summed E-state index contributed by atoms with van der Waals surface area (Å²) in [6.45, 7) is 2.56. The maximum atomic E-state index is 13.3. The minimum Gasteiger partial charge on any atom is -0.496 e. The van der Waals surface area contributed by atoms with Crippen LogP contribution in [-0.4, -0.2) is 76.6 Å². The molecule has 0 spiro atoms. The summed E-state index contributed by atoms with van der Waals surface area (Å²) in [4.78, 5) is 13.3. The minimum absolute atomic E-state index is 0.275. The van der Waals surface area contributed by atoms with E-state index in [0.717, 1.165) is 86.1 Å². The number of nitrogens with one attached hydrogen (secondary N) is 2. The number of hydrogen-bond donors (Lipinski definition) is 2. The van der Waals surface area contributed by atoms with Crippen molar-refractivity contribution in [2.45, 2.75) is 64.7 Å². The van der Waals surface area contributed by atoms with Gasteiger partial charge in [-0.05, 0) is 108 Å². The predicted molar refractivity (Wildman–Crippen MR) is 271 cm³/mol. The Labute approximate surface area is 407 Å². The molecule has 0 unspecified atom stereocenters. The Hall–Kier alpha value is -7.21. The van der Waals surface area contributed by atoms with Crippen LogP contribution in [0.5, 0.6) is 51.7 Å². The molecule has 10 aliphatic rings. The molecule has 0 saturated heterocycles. The van der Waals surface area contributed by atoms with E-state index >= 15 is 0 Å². The second kappa shape index (κ2) is 23.2. The lowest BCUT2D eigenvalue weighted by Crippen LogP contribution is -2.30. The van der Waals surface area contributed by atoms with Crippen molar-refractivity contribution in [2.75, 3.05) is 75.8 Å². The van der Waals surface area contributed by atoms with Crippen LogP contribution in [0.25, 0.3) is 0 Å². The van der Waals surface area contributed by atoms with Gasteiger partial charge in [-0.15, -0.1) is 0 Å². The summed E-state index contributed by atoms with van der Waals surface area (Å²) in [6.07, 6.45) is 6.22. The molecule has 0 atom stereocenters. The van der Waals surface area contributed by atoms with E-state index in [1.54, 1.807) is 64.0 Å². The molecule has 0 radical (unpaired) electrons. The van der Waals surface area contributed by atoms with E-state index in [-0.39, 0.29) is 6.03 Å². The molecule has 10 aliphatic carbocycles. The number of methoxy groups -OCH3 is 9. The quantitative estimate of drug-likeness (QED) is 0.0968. The van der Waals surface area contributed by atoms with E-state index in [2.05, 4.69) is 41.8 Å². The Morgan fingerprint density at radius 2 is 0.696 bits per heavy atom. The highest BCUT2D eigenvalue weighted by Gasteiger charge is 2.23. The van der Waals surface area contributed by atoms with Crippen LogP contribution in [0.2, 0.25) is 0 Å². The number of benzene rings is 6. The average Bonchev–Trinajstić information content (AvgIpc) is 3.37. The molecule has 0 aliphatic heterocycles. The lowest BCUT2D eigenvalue weighted by Gasteiger charge is -2.20. The molecule has 12 nitrogen and oxygen atoms in total. The molecule has 6 aromatic carbocycles. The van der Waals surface area contributed by atoms with Crippen molar-refractivity contribution in [1.82, 2.24) is 5.32 Å². The van der Waals surface area contributed by atoms with Crippen molar-refractivity contribution in [1.29, 1.82) is 0 Å². The molecule has 0 heterocycles. The van der Waals surface area contributed by atoms with Crippen molar-refractivity contribution in [2.24, 2.45) is 0 Å². The van der Waals surface area contributed by atoms with Gasteiger partial charge < -0.3 is 53.3 Å². The third-order valence-corrected chi connectivity index (χ3v) is 13.0. The first kappa shape index (κ1) is 49.7. The molecule has 0 saturated carbocycles. The molecule has 10 bridgehead atoms. The Kier molecular flexibility index (Phi) is 16.7. The first-order valence-electron chi connectivity index (χ1n) is 23.4. The molecular weight excluding hydrogens is 873 g/mol. The van der Waals surface area contributed by atoms with Gasteiger partial charge in [-0.1, -0.05) is 31.5 Å². The van der Waals surface area contributed by atoms with E-state index in [1.165, 1.54) is 5.56 Å². The zero-order valence-electron chi connectivity index (χ0n) is 41.7. The molecule has 2 amide bonds. The predicted octanol–water partition coefficient (Wildman–Crippen LogP) is 10.7. The second-order valence-electron chi connectivity index (χ2n) is 17.2. The number of carbonyl (C=O) groups is 1. The zero-order chi connectivity index (χ0) is 49.0. The van der Waals surface area contributed by atoms with Crippen LogP contribution >= 0.6 is 0 Å². The van der Waals surface area contributed by atoms with E-state index in [0.29, 0.717) is 96.8 Å².